The number of rotatable bonds is 4. The molecule has 2 aromatic rings. The van der Waals surface area contributed by atoms with Crippen molar-refractivity contribution in [2.24, 2.45) is 5.92 Å². The maximum atomic E-state index is 13.1. The summed E-state index contributed by atoms with van der Waals surface area (Å²) in [4.78, 5) is 17.7. The van der Waals surface area contributed by atoms with Crippen molar-refractivity contribution in [2.45, 2.75) is 57.5 Å². The van der Waals surface area contributed by atoms with Crippen LogP contribution in [0.5, 0.6) is 0 Å². The van der Waals surface area contributed by atoms with E-state index >= 15 is 0 Å². The molecule has 154 valence electrons. The number of piperidine rings is 1. The summed E-state index contributed by atoms with van der Waals surface area (Å²) in [6.45, 7) is 4.58. The minimum atomic E-state index is 0.0435. The fourth-order valence-corrected chi connectivity index (χ4v) is 4.85. The molecule has 0 radical (unpaired) electrons. The van der Waals surface area contributed by atoms with Gasteiger partial charge in [-0.1, -0.05) is 37.3 Å². The van der Waals surface area contributed by atoms with Gasteiger partial charge >= 0.3 is 0 Å². The van der Waals surface area contributed by atoms with Gasteiger partial charge in [0.25, 0.3) is 5.91 Å². The molecular formula is C24H32N4O. The van der Waals surface area contributed by atoms with Gasteiger partial charge < -0.3 is 9.80 Å². The van der Waals surface area contributed by atoms with Gasteiger partial charge in [-0.15, -0.1) is 0 Å². The fourth-order valence-electron chi connectivity index (χ4n) is 4.85. The van der Waals surface area contributed by atoms with Crippen molar-refractivity contribution in [2.75, 3.05) is 20.1 Å². The van der Waals surface area contributed by atoms with Crippen LogP contribution in [0, 0.1) is 5.92 Å². The number of hydrogen-bond acceptors (Lipinski definition) is 4. The number of nitrogens with zero attached hydrogens (tertiary/aromatic N) is 4. The molecule has 29 heavy (non-hydrogen) atoms. The van der Waals surface area contributed by atoms with E-state index in [1.54, 1.807) is 6.20 Å². The third kappa shape index (κ3) is 4.67. The van der Waals surface area contributed by atoms with Crippen LogP contribution < -0.4 is 0 Å². The van der Waals surface area contributed by atoms with Gasteiger partial charge in [0.05, 0.1) is 17.5 Å². The van der Waals surface area contributed by atoms with E-state index in [1.165, 1.54) is 25.7 Å². The highest BCUT2D eigenvalue weighted by molar-refractivity contribution is 5.94. The maximum Gasteiger partial charge on any atom is 0.255 e. The zero-order valence-electron chi connectivity index (χ0n) is 17.6. The van der Waals surface area contributed by atoms with Crippen LogP contribution >= 0.6 is 0 Å². The first-order valence-corrected chi connectivity index (χ1v) is 11.0. The lowest BCUT2D eigenvalue weighted by molar-refractivity contribution is 0.0539. The second kappa shape index (κ2) is 9.04. The van der Waals surface area contributed by atoms with Crippen LogP contribution in [0.1, 0.15) is 55.8 Å². The normalized spacial score (nSPS) is 23.7. The SMILES string of the molecule is CC1CCC(N2CCC(N(C)C(=O)c3cnnc(-c4ccccc4)c3)CC2)CC1. The summed E-state index contributed by atoms with van der Waals surface area (Å²) in [5.41, 5.74) is 2.34. The molecule has 2 fully saturated rings. The zero-order chi connectivity index (χ0) is 20.2. The Labute approximate surface area is 174 Å². The molecule has 1 aliphatic carbocycles. The lowest BCUT2D eigenvalue weighted by Crippen LogP contribution is -2.49. The Morgan fingerprint density at radius 2 is 1.72 bits per heavy atom. The highest BCUT2D eigenvalue weighted by Crippen LogP contribution is 2.29. The molecular weight excluding hydrogens is 360 g/mol. The molecule has 0 bridgehead atoms. The number of likely N-dealkylation sites (tertiary alicyclic amines) is 1. The van der Waals surface area contributed by atoms with Gasteiger partial charge in [0.1, 0.15) is 0 Å². The Bertz CT molecular complexity index is 809. The molecule has 5 heteroatoms. The summed E-state index contributed by atoms with van der Waals surface area (Å²) in [6.07, 6.45) is 9.10. The Morgan fingerprint density at radius 1 is 1.03 bits per heavy atom. The highest BCUT2D eigenvalue weighted by Gasteiger charge is 2.30. The highest BCUT2D eigenvalue weighted by atomic mass is 16.2. The standard InChI is InChI=1S/C24H32N4O/c1-18-8-10-22(11-9-18)28-14-12-21(13-15-28)27(2)24(29)20-16-23(26-25-17-20)19-6-4-3-5-7-19/h3-7,16-18,21-22H,8-15H2,1-2H3. The van der Waals surface area contributed by atoms with Crippen molar-refractivity contribution >= 4 is 5.91 Å². The summed E-state index contributed by atoms with van der Waals surface area (Å²) in [5.74, 6) is 0.935. The monoisotopic (exact) mass is 392 g/mol. The molecule has 2 heterocycles. The van der Waals surface area contributed by atoms with E-state index in [1.807, 2.05) is 48.3 Å². The molecule has 1 aromatic carbocycles. The van der Waals surface area contributed by atoms with Crippen LogP contribution in [-0.4, -0.2) is 58.1 Å². The molecule has 1 saturated heterocycles. The van der Waals surface area contributed by atoms with Gasteiger partial charge in [-0.05, 0) is 50.5 Å². The second-order valence-electron chi connectivity index (χ2n) is 8.79. The lowest BCUT2D eigenvalue weighted by atomic mass is 9.85. The van der Waals surface area contributed by atoms with Crippen molar-refractivity contribution in [3.05, 3.63) is 48.2 Å². The lowest BCUT2D eigenvalue weighted by Gasteiger charge is -2.42. The molecule has 0 N–H and O–H groups in total. The second-order valence-corrected chi connectivity index (χ2v) is 8.79. The molecule has 1 aromatic heterocycles. The third-order valence-electron chi connectivity index (χ3n) is 6.84. The Kier molecular flexibility index (Phi) is 6.24. The van der Waals surface area contributed by atoms with Crippen molar-refractivity contribution < 1.29 is 4.79 Å². The molecule has 0 atom stereocenters. The molecule has 1 amide bonds. The third-order valence-corrected chi connectivity index (χ3v) is 6.84. The van der Waals surface area contributed by atoms with Crippen LogP contribution in [0.25, 0.3) is 11.3 Å². The Morgan fingerprint density at radius 3 is 2.41 bits per heavy atom. The zero-order valence-corrected chi connectivity index (χ0v) is 17.6. The van der Waals surface area contributed by atoms with E-state index in [2.05, 4.69) is 22.0 Å². The number of hydrogen-bond donors (Lipinski definition) is 0. The topological polar surface area (TPSA) is 49.3 Å². The first-order valence-electron chi connectivity index (χ1n) is 11.0. The van der Waals surface area contributed by atoms with Crippen LogP contribution in [0.4, 0.5) is 0 Å². The van der Waals surface area contributed by atoms with Crippen molar-refractivity contribution in [3.63, 3.8) is 0 Å². The number of carbonyl (C=O) groups is 1. The Balaban J connectivity index is 1.37. The first-order chi connectivity index (χ1) is 14.1. The average molecular weight is 393 g/mol. The smallest absolute Gasteiger partial charge is 0.255 e. The summed E-state index contributed by atoms with van der Waals surface area (Å²) in [5, 5.41) is 8.29. The summed E-state index contributed by atoms with van der Waals surface area (Å²) in [6, 6.07) is 12.8. The van der Waals surface area contributed by atoms with Crippen molar-refractivity contribution in [1.29, 1.82) is 0 Å². The van der Waals surface area contributed by atoms with Crippen molar-refractivity contribution in [1.82, 2.24) is 20.0 Å². The van der Waals surface area contributed by atoms with Gasteiger partial charge in [0, 0.05) is 37.8 Å². The van der Waals surface area contributed by atoms with Gasteiger partial charge in [0.15, 0.2) is 0 Å². The van der Waals surface area contributed by atoms with E-state index in [0.29, 0.717) is 11.6 Å². The van der Waals surface area contributed by atoms with Crippen molar-refractivity contribution in [3.8, 4) is 11.3 Å². The van der Waals surface area contributed by atoms with Gasteiger partial charge in [-0.2, -0.15) is 10.2 Å². The van der Waals surface area contributed by atoms with Crippen LogP contribution in [-0.2, 0) is 0 Å². The molecule has 5 nitrogen and oxygen atoms in total. The fraction of sp³-hybridized carbons (Fsp3) is 0.542. The van der Waals surface area contributed by atoms with E-state index in [9.17, 15) is 4.79 Å². The summed E-state index contributed by atoms with van der Waals surface area (Å²) >= 11 is 0. The molecule has 1 aliphatic heterocycles. The van der Waals surface area contributed by atoms with Crippen LogP contribution in [0.15, 0.2) is 42.6 Å². The minimum Gasteiger partial charge on any atom is -0.339 e. The summed E-state index contributed by atoms with van der Waals surface area (Å²) in [7, 11) is 1.94. The van der Waals surface area contributed by atoms with Gasteiger partial charge in [-0.25, -0.2) is 0 Å². The number of amides is 1. The largest absolute Gasteiger partial charge is 0.339 e. The number of carbonyl (C=O) groups excluding carboxylic acids is 1. The molecule has 2 aliphatic rings. The van der Waals surface area contributed by atoms with E-state index in [0.717, 1.165) is 49.1 Å². The van der Waals surface area contributed by atoms with E-state index in [4.69, 9.17) is 0 Å². The molecule has 0 spiro atoms. The number of benzene rings is 1. The maximum absolute atomic E-state index is 13.1. The molecule has 4 rings (SSSR count). The van der Waals surface area contributed by atoms with Crippen LogP contribution in [0.2, 0.25) is 0 Å². The van der Waals surface area contributed by atoms with Gasteiger partial charge in [-0.3, -0.25) is 4.79 Å². The minimum absolute atomic E-state index is 0.0435. The van der Waals surface area contributed by atoms with E-state index < -0.39 is 0 Å². The predicted molar refractivity (Wildman–Crippen MR) is 116 cm³/mol. The van der Waals surface area contributed by atoms with Gasteiger partial charge in [0.2, 0.25) is 0 Å². The van der Waals surface area contributed by atoms with E-state index in [-0.39, 0.29) is 5.91 Å². The molecule has 0 unspecified atom stereocenters. The Hall–Kier alpha value is -2.27. The quantitative estimate of drug-likeness (QED) is 0.780. The molecule has 1 saturated carbocycles. The van der Waals surface area contributed by atoms with Crippen LogP contribution in [0.3, 0.4) is 0 Å². The average Bonchev–Trinajstić information content (AvgIpc) is 2.79. The predicted octanol–water partition coefficient (Wildman–Crippen LogP) is 4.26. The number of aromatic nitrogens is 2. The first kappa shape index (κ1) is 20.0. The summed E-state index contributed by atoms with van der Waals surface area (Å²) < 4.78 is 0.